The van der Waals surface area contributed by atoms with Crippen LogP contribution in [0.2, 0.25) is 0 Å². The molecular weight excluding hydrogens is 412 g/mol. The van der Waals surface area contributed by atoms with Gasteiger partial charge in [-0.25, -0.2) is 13.4 Å². The van der Waals surface area contributed by atoms with Crippen molar-refractivity contribution in [1.82, 2.24) is 19.2 Å². The smallest absolute Gasteiger partial charge is 0.251 e. The van der Waals surface area contributed by atoms with Crippen LogP contribution in [0.5, 0.6) is 0 Å². The number of imidazole rings is 1. The molecule has 1 fully saturated rings. The molecule has 4 rings (SSSR count). The summed E-state index contributed by atoms with van der Waals surface area (Å²) in [6.07, 6.45) is 2.82. The first-order chi connectivity index (χ1) is 14.9. The number of sulfonamides is 1. The zero-order chi connectivity index (χ0) is 22.0. The Labute approximate surface area is 183 Å². The quantitative estimate of drug-likeness (QED) is 0.637. The van der Waals surface area contributed by atoms with E-state index in [0.717, 1.165) is 36.1 Å². The van der Waals surface area contributed by atoms with Crippen molar-refractivity contribution >= 4 is 27.0 Å². The Kier molecular flexibility index (Phi) is 6.11. The standard InChI is InChI=1S/C23H28N4O3S/c1-17-7-5-6-15-27(17)31(29,30)20-12-10-19(11-13-20)23(28)24-14-16-26-18(2)25-21-8-3-4-9-22(21)26/h3-4,8-13,17H,5-7,14-16H2,1-2H3,(H,24,28). The SMILES string of the molecule is Cc1nc2ccccc2n1CCNC(=O)c1ccc(S(=O)(=O)N2CCCCC2C)cc1. The number of benzene rings is 2. The normalized spacial score (nSPS) is 17.7. The van der Waals surface area contributed by atoms with E-state index in [0.29, 0.717) is 25.2 Å². The molecule has 3 aromatic rings. The number of piperidine rings is 1. The van der Waals surface area contributed by atoms with E-state index in [-0.39, 0.29) is 16.8 Å². The molecule has 0 radical (unpaired) electrons. The van der Waals surface area contributed by atoms with Gasteiger partial charge in [-0.3, -0.25) is 4.79 Å². The van der Waals surface area contributed by atoms with Gasteiger partial charge < -0.3 is 9.88 Å². The second-order valence-corrected chi connectivity index (χ2v) is 9.93. The van der Waals surface area contributed by atoms with Crippen LogP contribution in [0.3, 0.4) is 0 Å². The molecule has 0 aliphatic carbocycles. The van der Waals surface area contributed by atoms with Crippen LogP contribution in [0, 0.1) is 6.92 Å². The summed E-state index contributed by atoms with van der Waals surface area (Å²) in [4.78, 5) is 17.3. The topological polar surface area (TPSA) is 84.3 Å². The predicted molar refractivity (Wildman–Crippen MR) is 120 cm³/mol. The second-order valence-electron chi connectivity index (χ2n) is 8.04. The second kappa shape index (κ2) is 8.80. The van der Waals surface area contributed by atoms with Gasteiger partial charge in [0.1, 0.15) is 5.82 Å². The zero-order valence-electron chi connectivity index (χ0n) is 17.9. The molecule has 1 aliphatic heterocycles. The number of nitrogens with one attached hydrogen (secondary N) is 1. The Hall–Kier alpha value is -2.71. The lowest BCUT2D eigenvalue weighted by atomic mass is 10.1. The van der Waals surface area contributed by atoms with Gasteiger partial charge in [-0.2, -0.15) is 4.31 Å². The molecule has 2 heterocycles. The number of amides is 1. The van der Waals surface area contributed by atoms with Crippen molar-refractivity contribution in [3.8, 4) is 0 Å². The Morgan fingerprint density at radius 1 is 1.13 bits per heavy atom. The highest BCUT2D eigenvalue weighted by atomic mass is 32.2. The first kappa shape index (κ1) is 21.5. The molecule has 1 unspecified atom stereocenters. The fourth-order valence-electron chi connectivity index (χ4n) is 4.20. The van der Waals surface area contributed by atoms with Gasteiger partial charge in [0, 0.05) is 31.2 Å². The van der Waals surface area contributed by atoms with Crippen molar-refractivity contribution in [2.45, 2.75) is 50.6 Å². The number of hydrogen-bond donors (Lipinski definition) is 1. The summed E-state index contributed by atoms with van der Waals surface area (Å²) in [6, 6.07) is 14.1. The average Bonchev–Trinajstić information content (AvgIpc) is 3.09. The van der Waals surface area contributed by atoms with Gasteiger partial charge in [-0.1, -0.05) is 18.6 Å². The summed E-state index contributed by atoms with van der Waals surface area (Å²) in [5.74, 6) is 0.675. The maximum absolute atomic E-state index is 12.9. The number of aryl methyl sites for hydroxylation is 1. The van der Waals surface area contributed by atoms with Crippen LogP contribution in [-0.2, 0) is 16.6 Å². The highest BCUT2D eigenvalue weighted by molar-refractivity contribution is 7.89. The molecular formula is C23H28N4O3S. The summed E-state index contributed by atoms with van der Waals surface area (Å²) in [7, 11) is -3.53. The number of carbonyl (C=O) groups excluding carboxylic acids is 1. The highest BCUT2D eigenvalue weighted by Gasteiger charge is 2.30. The van der Waals surface area contributed by atoms with Crippen molar-refractivity contribution in [2.24, 2.45) is 0 Å². The highest BCUT2D eigenvalue weighted by Crippen LogP contribution is 2.25. The number of rotatable bonds is 6. The molecule has 1 atom stereocenters. The molecule has 0 saturated carbocycles. The molecule has 1 amide bonds. The van der Waals surface area contributed by atoms with Crippen LogP contribution in [0.15, 0.2) is 53.4 Å². The van der Waals surface area contributed by atoms with Gasteiger partial charge in [-0.05, 0) is 63.1 Å². The maximum atomic E-state index is 12.9. The predicted octanol–water partition coefficient (Wildman–Crippen LogP) is 3.34. The third-order valence-electron chi connectivity index (χ3n) is 5.93. The van der Waals surface area contributed by atoms with Crippen LogP contribution in [-0.4, -0.2) is 47.3 Å². The number of para-hydroxylation sites is 2. The van der Waals surface area contributed by atoms with E-state index in [1.807, 2.05) is 38.1 Å². The fourth-order valence-corrected chi connectivity index (χ4v) is 5.90. The van der Waals surface area contributed by atoms with Crippen LogP contribution in [0.1, 0.15) is 42.4 Å². The number of fused-ring (bicyclic) bond motifs is 1. The lowest BCUT2D eigenvalue weighted by molar-refractivity contribution is 0.0952. The molecule has 0 bridgehead atoms. The van der Waals surface area contributed by atoms with Gasteiger partial charge in [-0.15, -0.1) is 0 Å². The lowest BCUT2D eigenvalue weighted by Gasteiger charge is -2.32. The number of hydrogen-bond acceptors (Lipinski definition) is 4. The molecule has 7 nitrogen and oxygen atoms in total. The maximum Gasteiger partial charge on any atom is 0.251 e. The van der Waals surface area contributed by atoms with E-state index in [1.165, 1.54) is 12.1 Å². The molecule has 8 heteroatoms. The molecule has 31 heavy (non-hydrogen) atoms. The van der Waals surface area contributed by atoms with E-state index >= 15 is 0 Å². The number of nitrogens with zero attached hydrogens (tertiary/aromatic N) is 3. The zero-order valence-corrected chi connectivity index (χ0v) is 18.7. The largest absolute Gasteiger partial charge is 0.350 e. The van der Waals surface area contributed by atoms with E-state index in [1.54, 1.807) is 16.4 Å². The minimum atomic E-state index is -3.53. The fraction of sp³-hybridized carbons (Fsp3) is 0.391. The van der Waals surface area contributed by atoms with Crippen LogP contribution in [0.4, 0.5) is 0 Å². The molecule has 1 N–H and O–H groups in total. The monoisotopic (exact) mass is 440 g/mol. The van der Waals surface area contributed by atoms with Crippen molar-refractivity contribution in [3.05, 3.63) is 59.9 Å². The molecule has 1 saturated heterocycles. The van der Waals surface area contributed by atoms with Crippen LogP contribution < -0.4 is 5.32 Å². The van der Waals surface area contributed by atoms with Gasteiger partial charge in [0.05, 0.1) is 15.9 Å². The molecule has 1 aromatic heterocycles. The van der Waals surface area contributed by atoms with Gasteiger partial charge in [0.25, 0.3) is 5.91 Å². The molecule has 1 aliphatic rings. The Morgan fingerprint density at radius 3 is 2.61 bits per heavy atom. The van der Waals surface area contributed by atoms with Crippen molar-refractivity contribution in [1.29, 1.82) is 0 Å². The van der Waals surface area contributed by atoms with Crippen LogP contribution >= 0.6 is 0 Å². The van der Waals surface area contributed by atoms with Crippen molar-refractivity contribution in [3.63, 3.8) is 0 Å². The Balaban J connectivity index is 1.40. The summed E-state index contributed by atoms with van der Waals surface area (Å²) in [6.45, 7) is 5.50. The summed E-state index contributed by atoms with van der Waals surface area (Å²) in [5.41, 5.74) is 2.42. The summed E-state index contributed by atoms with van der Waals surface area (Å²) < 4.78 is 29.5. The van der Waals surface area contributed by atoms with Gasteiger partial charge in [0.15, 0.2) is 0 Å². The lowest BCUT2D eigenvalue weighted by Crippen LogP contribution is -2.41. The Bertz CT molecular complexity index is 1190. The summed E-state index contributed by atoms with van der Waals surface area (Å²) >= 11 is 0. The minimum Gasteiger partial charge on any atom is -0.350 e. The number of aromatic nitrogens is 2. The van der Waals surface area contributed by atoms with E-state index in [2.05, 4.69) is 14.9 Å². The Morgan fingerprint density at radius 2 is 1.87 bits per heavy atom. The van der Waals surface area contributed by atoms with Gasteiger partial charge >= 0.3 is 0 Å². The molecule has 164 valence electrons. The van der Waals surface area contributed by atoms with Crippen LogP contribution in [0.25, 0.3) is 11.0 Å². The van der Waals surface area contributed by atoms with E-state index < -0.39 is 10.0 Å². The summed E-state index contributed by atoms with van der Waals surface area (Å²) in [5, 5.41) is 2.91. The third kappa shape index (κ3) is 4.36. The van der Waals surface area contributed by atoms with E-state index in [4.69, 9.17) is 0 Å². The average molecular weight is 441 g/mol. The first-order valence-electron chi connectivity index (χ1n) is 10.7. The first-order valence-corrected chi connectivity index (χ1v) is 12.1. The number of carbonyl (C=O) groups is 1. The molecule has 2 aromatic carbocycles. The van der Waals surface area contributed by atoms with E-state index in [9.17, 15) is 13.2 Å². The minimum absolute atomic E-state index is 0.00411. The van der Waals surface area contributed by atoms with Crippen molar-refractivity contribution < 1.29 is 13.2 Å². The van der Waals surface area contributed by atoms with Crippen molar-refractivity contribution in [2.75, 3.05) is 13.1 Å². The van der Waals surface area contributed by atoms with Gasteiger partial charge in [0.2, 0.25) is 10.0 Å². The molecule has 0 spiro atoms. The third-order valence-corrected chi connectivity index (χ3v) is 7.96.